The van der Waals surface area contributed by atoms with Crippen molar-refractivity contribution in [2.24, 2.45) is 0 Å². The SMILES string of the molecule is CCCCCCCCCOC1=CC=C(c2ccc(CCCCC)cc2F)C(F)C1(F)F. The highest BCUT2D eigenvalue weighted by molar-refractivity contribution is 5.74. The quantitative estimate of drug-likeness (QED) is 0.208. The zero-order valence-corrected chi connectivity index (χ0v) is 18.9. The summed E-state index contributed by atoms with van der Waals surface area (Å²) in [6, 6.07) is 4.42. The zero-order chi connectivity index (χ0) is 22.7. The number of hydrogen-bond acceptors (Lipinski definition) is 1. The minimum absolute atomic E-state index is 0.117. The van der Waals surface area contributed by atoms with Gasteiger partial charge in [-0.3, -0.25) is 0 Å². The fourth-order valence-electron chi connectivity index (χ4n) is 3.82. The number of halogens is 4. The molecule has 174 valence electrons. The Hall–Kier alpha value is -1.78. The van der Waals surface area contributed by atoms with Crippen molar-refractivity contribution in [2.45, 2.75) is 96.6 Å². The second-order valence-electron chi connectivity index (χ2n) is 8.38. The molecule has 0 saturated heterocycles. The van der Waals surface area contributed by atoms with Crippen molar-refractivity contribution in [1.82, 2.24) is 0 Å². The predicted octanol–water partition coefficient (Wildman–Crippen LogP) is 8.58. The lowest BCUT2D eigenvalue weighted by Gasteiger charge is -2.28. The van der Waals surface area contributed by atoms with Crippen LogP contribution >= 0.6 is 0 Å². The van der Waals surface area contributed by atoms with Crippen LogP contribution < -0.4 is 0 Å². The Morgan fingerprint density at radius 2 is 1.52 bits per heavy atom. The van der Waals surface area contributed by atoms with Gasteiger partial charge in [0.15, 0.2) is 11.9 Å². The molecule has 0 fully saturated rings. The topological polar surface area (TPSA) is 9.23 Å². The van der Waals surface area contributed by atoms with Crippen LogP contribution in [-0.2, 0) is 11.2 Å². The first-order valence-corrected chi connectivity index (χ1v) is 11.8. The summed E-state index contributed by atoms with van der Waals surface area (Å²) < 4.78 is 63.7. The summed E-state index contributed by atoms with van der Waals surface area (Å²) in [5.41, 5.74) is 0.335. The first-order chi connectivity index (χ1) is 14.9. The normalized spacial score (nSPS) is 17.9. The molecule has 2 rings (SSSR count). The Balaban J connectivity index is 1.97. The fourth-order valence-corrected chi connectivity index (χ4v) is 3.82. The van der Waals surface area contributed by atoms with Gasteiger partial charge in [0.2, 0.25) is 0 Å². The fraction of sp³-hybridized carbons (Fsp3) is 0.615. The Morgan fingerprint density at radius 1 is 0.871 bits per heavy atom. The molecule has 0 aromatic heterocycles. The van der Waals surface area contributed by atoms with E-state index in [0.29, 0.717) is 6.42 Å². The van der Waals surface area contributed by atoms with Crippen LogP contribution in [0.2, 0.25) is 0 Å². The van der Waals surface area contributed by atoms with Crippen LogP contribution in [0.1, 0.15) is 89.2 Å². The van der Waals surface area contributed by atoms with Gasteiger partial charge in [-0.15, -0.1) is 0 Å². The highest BCUT2D eigenvalue weighted by Crippen LogP contribution is 2.42. The molecule has 1 aliphatic carbocycles. The van der Waals surface area contributed by atoms with Crippen molar-refractivity contribution in [3.63, 3.8) is 0 Å². The number of ether oxygens (including phenoxy) is 1. The monoisotopic (exact) mass is 440 g/mol. The molecule has 1 aromatic rings. The maximum absolute atomic E-state index is 14.7. The van der Waals surface area contributed by atoms with E-state index in [9.17, 15) is 17.6 Å². The maximum atomic E-state index is 14.7. The maximum Gasteiger partial charge on any atom is 0.338 e. The molecule has 0 heterocycles. The lowest BCUT2D eigenvalue weighted by atomic mass is 9.91. The van der Waals surface area contributed by atoms with Gasteiger partial charge in [-0.25, -0.2) is 8.78 Å². The number of benzene rings is 1. The predicted molar refractivity (Wildman–Crippen MR) is 119 cm³/mol. The number of hydrogen-bond donors (Lipinski definition) is 0. The molecular formula is C26H36F4O. The van der Waals surface area contributed by atoms with Crippen LogP contribution in [0.4, 0.5) is 17.6 Å². The van der Waals surface area contributed by atoms with Gasteiger partial charge in [-0.2, -0.15) is 8.78 Å². The molecule has 1 atom stereocenters. The minimum atomic E-state index is -3.81. The summed E-state index contributed by atoms with van der Waals surface area (Å²) in [5.74, 6) is -5.15. The van der Waals surface area contributed by atoms with Crippen LogP contribution in [-0.4, -0.2) is 18.7 Å². The second-order valence-corrected chi connectivity index (χ2v) is 8.38. The summed E-state index contributed by atoms with van der Waals surface area (Å²) in [7, 11) is 0. The molecular weight excluding hydrogens is 404 g/mol. The average Bonchev–Trinajstić information content (AvgIpc) is 2.74. The van der Waals surface area contributed by atoms with Crippen LogP contribution in [0.25, 0.3) is 5.57 Å². The van der Waals surface area contributed by atoms with Crippen molar-refractivity contribution < 1.29 is 22.3 Å². The summed E-state index contributed by atoms with van der Waals surface area (Å²) in [6.07, 6.45) is 10.7. The van der Waals surface area contributed by atoms with Crippen molar-refractivity contribution in [3.8, 4) is 0 Å². The molecule has 0 amide bonds. The number of rotatable bonds is 14. The van der Waals surface area contributed by atoms with Crippen LogP contribution in [0.15, 0.2) is 36.1 Å². The van der Waals surface area contributed by atoms with Gasteiger partial charge in [0.25, 0.3) is 0 Å². The van der Waals surface area contributed by atoms with Crippen molar-refractivity contribution >= 4 is 5.57 Å². The lowest BCUT2D eigenvalue weighted by molar-refractivity contribution is -0.0634. The van der Waals surface area contributed by atoms with Gasteiger partial charge < -0.3 is 4.74 Å². The number of aryl methyl sites for hydroxylation is 1. The molecule has 0 aliphatic heterocycles. The van der Waals surface area contributed by atoms with Crippen LogP contribution in [0.5, 0.6) is 0 Å². The highest BCUT2D eigenvalue weighted by Gasteiger charge is 2.50. The van der Waals surface area contributed by atoms with E-state index >= 15 is 0 Å². The molecule has 1 aliphatic rings. The lowest BCUT2D eigenvalue weighted by Crippen LogP contribution is -2.36. The standard InChI is InChI=1S/C26H36F4O/c1-3-5-7-8-9-10-12-18-31-24-17-16-22(25(28)26(24,29)30)21-15-14-20(19-23(21)27)13-11-6-4-2/h14-17,19,25H,3-13,18H2,1-2H3. The Morgan fingerprint density at radius 3 is 2.19 bits per heavy atom. The Bertz CT molecular complexity index is 739. The van der Waals surface area contributed by atoms with Gasteiger partial charge in [-0.05, 0) is 37.0 Å². The van der Waals surface area contributed by atoms with E-state index in [0.717, 1.165) is 56.6 Å². The molecule has 1 aromatic carbocycles. The van der Waals surface area contributed by atoms with E-state index in [1.807, 2.05) is 0 Å². The van der Waals surface area contributed by atoms with Crippen molar-refractivity contribution in [1.29, 1.82) is 0 Å². The largest absolute Gasteiger partial charge is 0.491 e. The molecule has 1 nitrogen and oxygen atoms in total. The summed E-state index contributed by atoms with van der Waals surface area (Å²) >= 11 is 0. The molecule has 31 heavy (non-hydrogen) atoms. The smallest absolute Gasteiger partial charge is 0.338 e. The van der Waals surface area contributed by atoms with Crippen LogP contribution in [0.3, 0.4) is 0 Å². The van der Waals surface area contributed by atoms with E-state index in [1.54, 1.807) is 6.07 Å². The first kappa shape index (κ1) is 25.5. The molecule has 0 N–H and O–H groups in total. The van der Waals surface area contributed by atoms with Crippen molar-refractivity contribution in [3.05, 3.63) is 53.1 Å². The highest BCUT2D eigenvalue weighted by atomic mass is 19.3. The van der Waals surface area contributed by atoms with Gasteiger partial charge in [-0.1, -0.05) is 83.4 Å². The second kappa shape index (κ2) is 12.9. The van der Waals surface area contributed by atoms with Crippen molar-refractivity contribution in [2.75, 3.05) is 6.61 Å². The Labute approximate surface area is 184 Å². The summed E-state index contributed by atoms with van der Waals surface area (Å²) in [6.45, 7) is 4.37. The minimum Gasteiger partial charge on any atom is -0.491 e. The van der Waals surface area contributed by atoms with Gasteiger partial charge in [0, 0.05) is 11.1 Å². The average molecular weight is 441 g/mol. The zero-order valence-electron chi connectivity index (χ0n) is 18.9. The third-order valence-electron chi connectivity index (χ3n) is 5.75. The van der Waals surface area contributed by atoms with E-state index < -0.39 is 23.7 Å². The molecule has 1 unspecified atom stereocenters. The van der Waals surface area contributed by atoms with E-state index in [-0.39, 0.29) is 17.7 Å². The molecule has 0 saturated carbocycles. The van der Waals surface area contributed by atoms with Gasteiger partial charge in [0.1, 0.15) is 5.82 Å². The number of unbranched alkanes of at least 4 members (excludes halogenated alkanes) is 8. The molecule has 0 bridgehead atoms. The number of allylic oxidation sites excluding steroid dienone is 4. The summed E-state index contributed by atoms with van der Waals surface area (Å²) in [5, 5.41) is 0. The van der Waals surface area contributed by atoms with E-state index in [2.05, 4.69) is 13.8 Å². The molecule has 0 radical (unpaired) electrons. The number of alkyl halides is 3. The molecule has 5 heteroatoms. The van der Waals surface area contributed by atoms with Gasteiger partial charge in [0.05, 0.1) is 6.61 Å². The van der Waals surface area contributed by atoms with E-state index in [1.165, 1.54) is 37.5 Å². The van der Waals surface area contributed by atoms with Gasteiger partial charge >= 0.3 is 5.92 Å². The third kappa shape index (κ3) is 7.40. The van der Waals surface area contributed by atoms with Crippen LogP contribution in [0, 0.1) is 5.82 Å². The van der Waals surface area contributed by atoms with E-state index in [4.69, 9.17) is 4.74 Å². The molecule has 0 spiro atoms. The third-order valence-corrected chi connectivity index (χ3v) is 5.75. The first-order valence-electron chi connectivity index (χ1n) is 11.8. The summed E-state index contributed by atoms with van der Waals surface area (Å²) in [4.78, 5) is 0. The Kier molecular flexibility index (Phi) is 10.6.